The first-order valence-corrected chi connectivity index (χ1v) is 6.90. The van der Waals surface area contributed by atoms with Crippen LogP contribution in [0, 0.1) is 0 Å². The lowest BCUT2D eigenvalue weighted by Crippen LogP contribution is -2.24. The molecule has 1 heterocycles. The number of rotatable bonds is 2. The van der Waals surface area contributed by atoms with Gasteiger partial charge in [0.1, 0.15) is 0 Å². The second kappa shape index (κ2) is 24.4. The lowest BCUT2D eigenvalue weighted by Gasteiger charge is -2.20. The number of nitrogens with zero attached hydrogens (tertiary/aromatic N) is 1. The summed E-state index contributed by atoms with van der Waals surface area (Å²) >= 11 is 0. The van der Waals surface area contributed by atoms with E-state index in [0.717, 1.165) is 0 Å². The van der Waals surface area contributed by atoms with E-state index in [0.29, 0.717) is 0 Å². The molecule has 0 spiro atoms. The van der Waals surface area contributed by atoms with Gasteiger partial charge in [0, 0.05) is 0 Å². The van der Waals surface area contributed by atoms with Crippen molar-refractivity contribution in [2.45, 2.75) is 47.0 Å². The van der Waals surface area contributed by atoms with Crippen molar-refractivity contribution in [2.24, 2.45) is 0 Å². The van der Waals surface area contributed by atoms with Gasteiger partial charge in [-0.3, -0.25) is 0 Å². The highest BCUT2D eigenvalue weighted by Crippen LogP contribution is 2.04. The molecular formula is C16H33N. The predicted molar refractivity (Wildman–Crippen MR) is 83.6 cm³/mol. The second-order valence-electron chi connectivity index (χ2n) is 3.22. The molecule has 0 unspecified atom stereocenters. The highest BCUT2D eigenvalue weighted by Gasteiger charge is 2.02. The van der Waals surface area contributed by atoms with Crippen LogP contribution in [0.4, 0.5) is 0 Å². The molecule has 1 rings (SSSR count). The summed E-state index contributed by atoms with van der Waals surface area (Å²) in [5, 5.41) is 0. The number of allylic oxidation sites excluding steroid dienone is 4. The highest BCUT2D eigenvalue weighted by atomic mass is 15.1. The number of hydrogen-bond donors (Lipinski definition) is 0. The lowest BCUT2D eigenvalue weighted by molar-refractivity contribution is 0.277. The monoisotopic (exact) mass is 239 g/mol. The minimum absolute atomic E-state index is 1.32. The fourth-order valence-corrected chi connectivity index (χ4v) is 1.21. The maximum Gasteiger partial charge on any atom is -0.00218 e. The molecule has 1 nitrogen and oxygen atoms in total. The minimum Gasteiger partial charge on any atom is -0.306 e. The lowest BCUT2D eigenvalue weighted by atomic mass is 10.1. The standard InChI is InChI=1S/C6H13N.C6H8.2C2H6/c1-7-5-3-2-4-6-7;1-3-5-6-4-2;2*1-2/h2-6H2,1H3;3-6H,1-2H2;2*1-2H3/b;6-5-;;. The molecule has 0 radical (unpaired) electrons. The molecule has 0 aliphatic carbocycles. The van der Waals surface area contributed by atoms with Crippen LogP contribution in [0.3, 0.4) is 0 Å². The van der Waals surface area contributed by atoms with Gasteiger partial charge in [-0.15, -0.1) is 0 Å². The van der Waals surface area contributed by atoms with Crippen molar-refractivity contribution < 1.29 is 0 Å². The van der Waals surface area contributed by atoms with Crippen LogP contribution in [0.1, 0.15) is 47.0 Å². The van der Waals surface area contributed by atoms with E-state index in [-0.39, 0.29) is 0 Å². The van der Waals surface area contributed by atoms with E-state index in [1.54, 1.807) is 12.2 Å². The molecule has 0 bridgehead atoms. The maximum absolute atomic E-state index is 3.46. The molecule has 17 heavy (non-hydrogen) atoms. The molecule has 0 saturated carbocycles. The summed E-state index contributed by atoms with van der Waals surface area (Å²) < 4.78 is 0. The second-order valence-corrected chi connectivity index (χ2v) is 3.22. The van der Waals surface area contributed by atoms with Gasteiger partial charge in [-0.1, -0.05) is 71.6 Å². The molecule has 102 valence electrons. The molecular weight excluding hydrogens is 206 g/mol. The van der Waals surface area contributed by atoms with Gasteiger partial charge in [0.15, 0.2) is 0 Å². The molecule has 1 aliphatic rings. The van der Waals surface area contributed by atoms with Crippen LogP contribution in [-0.2, 0) is 0 Å². The Morgan fingerprint density at radius 1 is 0.765 bits per heavy atom. The van der Waals surface area contributed by atoms with Crippen LogP contribution in [0.15, 0.2) is 37.5 Å². The van der Waals surface area contributed by atoms with Crippen molar-refractivity contribution in [3.63, 3.8) is 0 Å². The summed E-state index contributed by atoms with van der Waals surface area (Å²) in [6.07, 6.45) is 11.3. The summed E-state index contributed by atoms with van der Waals surface area (Å²) in [5.74, 6) is 0. The van der Waals surface area contributed by atoms with Crippen molar-refractivity contribution >= 4 is 0 Å². The van der Waals surface area contributed by atoms with Gasteiger partial charge in [-0.25, -0.2) is 0 Å². The van der Waals surface area contributed by atoms with E-state index >= 15 is 0 Å². The fourth-order valence-electron chi connectivity index (χ4n) is 1.21. The normalized spacial score (nSPS) is 14.2. The smallest absolute Gasteiger partial charge is 0.00218 e. The van der Waals surface area contributed by atoms with Crippen LogP contribution in [-0.4, -0.2) is 25.0 Å². The van der Waals surface area contributed by atoms with Crippen molar-refractivity contribution in [3.05, 3.63) is 37.5 Å². The van der Waals surface area contributed by atoms with Crippen LogP contribution in [0.5, 0.6) is 0 Å². The largest absolute Gasteiger partial charge is 0.306 e. The summed E-state index contributed by atoms with van der Waals surface area (Å²) in [6.45, 7) is 17.6. The Kier molecular flexibility index (Phi) is 30.8. The van der Waals surface area contributed by atoms with Crippen molar-refractivity contribution in [1.82, 2.24) is 4.90 Å². The Balaban J connectivity index is -0.000000180. The first-order chi connectivity index (χ1) is 8.31. The SMILES string of the molecule is C=C/C=C\C=C.CC.CC.CN1CCCCC1. The summed E-state index contributed by atoms with van der Waals surface area (Å²) in [4.78, 5) is 2.39. The van der Waals surface area contributed by atoms with E-state index < -0.39 is 0 Å². The van der Waals surface area contributed by atoms with Gasteiger partial charge >= 0.3 is 0 Å². The fraction of sp³-hybridized carbons (Fsp3) is 0.625. The highest BCUT2D eigenvalue weighted by molar-refractivity contribution is 5.05. The third-order valence-electron chi connectivity index (χ3n) is 1.96. The van der Waals surface area contributed by atoms with Gasteiger partial charge in [-0.05, 0) is 33.0 Å². The average molecular weight is 239 g/mol. The van der Waals surface area contributed by atoms with Crippen molar-refractivity contribution in [2.75, 3.05) is 20.1 Å². The zero-order chi connectivity index (χ0) is 13.9. The molecule has 0 aromatic rings. The van der Waals surface area contributed by atoms with Gasteiger partial charge in [0.2, 0.25) is 0 Å². The van der Waals surface area contributed by atoms with Gasteiger partial charge < -0.3 is 4.90 Å². The van der Waals surface area contributed by atoms with Gasteiger partial charge in [-0.2, -0.15) is 0 Å². The zero-order valence-corrected chi connectivity index (χ0v) is 12.7. The third-order valence-corrected chi connectivity index (χ3v) is 1.96. The van der Waals surface area contributed by atoms with Crippen LogP contribution in [0.2, 0.25) is 0 Å². The van der Waals surface area contributed by atoms with E-state index in [2.05, 4.69) is 25.1 Å². The molecule has 1 heteroatoms. The summed E-state index contributed by atoms with van der Waals surface area (Å²) in [5.41, 5.74) is 0. The van der Waals surface area contributed by atoms with E-state index in [9.17, 15) is 0 Å². The Bertz CT molecular complexity index is 143. The summed E-state index contributed by atoms with van der Waals surface area (Å²) in [7, 11) is 2.19. The maximum atomic E-state index is 3.46. The van der Waals surface area contributed by atoms with Crippen LogP contribution < -0.4 is 0 Å². The van der Waals surface area contributed by atoms with E-state index in [1.807, 2.05) is 39.8 Å². The first kappa shape index (κ1) is 21.5. The van der Waals surface area contributed by atoms with E-state index in [4.69, 9.17) is 0 Å². The van der Waals surface area contributed by atoms with Gasteiger partial charge in [0.05, 0.1) is 0 Å². The average Bonchev–Trinajstić information content (AvgIpc) is 2.42. The molecule has 0 N–H and O–H groups in total. The van der Waals surface area contributed by atoms with Crippen LogP contribution in [0.25, 0.3) is 0 Å². The molecule has 0 aromatic heterocycles. The minimum atomic E-state index is 1.32. The topological polar surface area (TPSA) is 3.24 Å². The van der Waals surface area contributed by atoms with Crippen molar-refractivity contribution in [3.8, 4) is 0 Å². The number of likely N-dealkylation sites (tertiary alicyclic amines) is 1. The Hall–Kier alpha value is -0.820. The molecule has 0 amide bonds. The molecule has 1 saturated heterocycles. The molecule has 0 atom stereocenters. The third kappa shape index (κ3) is 25.4. The quantitative estimate of drug-likeness (QED) is 0.608. The number of piperidine rings is 1. The molecule has 0 aromatic carbocycles. The van der Waals surface area contributed by atoms with Gasteiger partial charge in [0.25, 0.3) is 0 Å². The Morgan fingerprint density at radius 2 is 1.12 bits per heavy atom. The first-order valence-electron chi connectivity index (χ1n) is 6.90. The molecule has 1 fully saturated rings. The Morgan fingerprint density at radius 3 is 1.29 bits per heavy atom. The predicted octanol–water partition coefficient (Wildman–Crippen LogP) is 5.07. The number of hydrogen-bond acceptors (Lipinski definition) is 1. The van der Waals surface area contributed by atoms with Crippen LogP contribution >= 0.6 is 0 Å². The van der Waals surface area contributed by atoms with Crippen molar-refractivity contribution in [1.29, 1.82) is 0 Å². The van der Waals surface area contributed by atoms with E-state index in [1.165, 1.54) is 32.4 Å². The zero-order valence-electron chi connectivity index (χ0n) is 12.7. The molecule has 1 aliphatic heterocycles. The Labute approximate surface area is 110 Å². The summed E-state index contributed by atoms with van der Waals surface area (Å²) in [6, 6.07) is 0.